The quantitative estimate of drug-likeness (QED) is 0.635. The van der Waals surface area contributed by atoms with Gasteiger partial charge in [0, 0.05) is 0 Å². The lowest BCUT2D eigenvalue weighted by Crippen LogP contribution is -2.45. The zero-order valence-corrected chi connectivity index (χ0v) is 17.2. The lowest BCUT2D eigenvalue weighted by molar-refractivity contribution is -0.0725. The smallest absolute Gasteiger partial charge is 0.296 e. The molecule has 1 aliphatic heterocycles. The lowest BCUT2D eigenvalue weighted by atomic mass is 9.99. The van der Waals surface area contributed by atoms with E-state index in [4.69, 9.17) is 10.5 Å². The van der Waals surface area contributed by atoms with Gasteiger partial charge >= 0.3 is 0 Å². The number of fused-ring (bicyclic) bond motifs is 1. The van der Waals surface area contributed by atoms with Crippen LogP contribution >= 0.6 is 0 Å². The van der Waals surface area contributed by atoms with Gasteiger partial charge in [0.1, 0.15) is 29.4 Å². The van der Waals surface area contributed by atoms with Crippen LogP contribution in [0.4, 0.5) is 4.39 Å². The predicted molar refractivity (Wildman–Crippen MR) is 106 cm³/mol. The Morgan fingerprint density at radius 2 is 2.16 bits per heavy atom. The van der Waals surface area contributed by atoms with Crippen molar-refractivity contribution in [2.75, 3.05) is 6.61 Å². The second-order valence-electron chi connectivity index (χ2n) is 7.84. The molecule has 2 aromatic heterocycles. The van der Waals surface area contributed by atoms with E-state index >= 15 is 0 Å². The van der Waals surface area contributed by atoms with Crippen LogP contribution in [-0.4, -0.2) is 41.9 Å². The van der Waals surface area contributed by atoms with E-state index in [9.17, 15) is 19.1 Å². The summed E-state index contributed by atoms with van der Waals surface area (Å²) >= 11 is 0. The molecule has 3 heterocycles. The molecule has 0 saturated carbocycles. The van der Waals surface area contributed by atoms with Gasteiger partial charge in [-0.25, -0.2) is 19.0 Å². The van der Waals surface area contributed by atoms with Gasteiger partial charge in [-0.2, -0.15) is 5.10 Å². The monoisotopic (exact) mass is 428 g/mol. The lowest BCUT2D eigenvalue weighted by Gasteiger charge is -2.37. The number of primary amides is 1. The summed E-state index contributed by atoms with van der Waals surface area (Å²) < 4.78 is 22.7. The molecule has 0 saturated heterocycles. The fourth-order valence-corrected chi connectivity index (χ4v) is 3.75. The Morgan fingerprint density at radius 3 is 2.81 bits per heavy atom. The van der Waals surface area contributed by atoms with Crippen LogP contribution in [-0.2, 0) is 16.8 Å². The Kier molecular flexibility index (Phi) is 4.85. The molecule has 1 aromatic carbocycles. The normalized spacial score (nSPS) is 17.4. The van der Waals surface area contributed by atoms with Crippen molar-refractivity contribution in [2.45, 2.75) is 38.8 Å². The molecule has 0 spiro atoms. The summed E-state index contributed by atoms with van der Waals surface area (Å²) in [5, 5.41) is 14.4. The molecule has 1 amide bonds. The SMILES string of the molecule is Cc1ncnn1-c1cc(F)ccc1CC1COC(C)(C)c2nc(C(N)=O)c(O)c(=O)n21. The molecule has 0 fully saturated rings. The minimum absolute atomic E-state index is 0.129. The number of benzene rings is 1. The summed E-state index contributed by atoms with van der Waals surface area (Å²) in [6.45, 7) is 5.27. The number of hydrogen-bond donors (Lipinski definition) is 2. The van der Waals surface area contributed by atoms with Crippen molar-refractivity contribution in [3.8, 4) is 11.4 Å². The number of nitrogens with two attached hydrogens (primary N) is 1. The second kappa shape index (κ2) is 7.27. The van der Waals surface area contributed by atoms with Crippen LogP contribution in [0.1, 0.15) is 47.6 Å². The van der Waals surface area contributed by atoms with Gasteiger partial charge in [0.25, 0.3) is 11.5 Å². The van der Waals surface area contributed by atoms with Crippen LogP contribution in [0.2, 0.25) is 0 Å². The number of carbonyl (C=O) groups excluding carboxylic acids is 1. The van der Waals surface area contributed by atoms with Crippen molar-refractivity contribution in [1.29, 1.82) is 0 Å². The van der Waals surface area contributed by atoms with Crippen LogP contribution in [0.15, 0.2) is 29.3 Å². The number of carbonyl (C=O) groups is 1. The van der Waals surface area contributed by atoms with Crippen LogP contribution < -0.4 is 11.3 Å². The number of hydrogen-bond acceptors (Lipinski definition) is 7. The molecule has 162 valence electrons. The van der Waals surface area contributed by atoms with Crippen molar-refractivity contribution >= 4 is 5.91 Å². The summed E-state index contributed by atoms with van der Waals surface area (Å²) in [5.74, 6) is -1.54. The Morgan fingerprint density at radius 1 is 1.42 bits per heavy atom. The first-order valence-corrected chi connectivity index (χ1v) is 9.55. The van der Waals surface area contributed by atoms with Gasteiger partial charge in [-0.1, -0.05) is 6.07 Å². The molecule has 31 heavy (non-hydrogen) atoms. The van der Waals surface area contributed by atoms with Crippen LogP contribution in [0, 0.1) is 12.7 Å². The van der Waals surface area contributed by atoms with Crippen molar-refractivity contribution in [2.24, 2.45) is 5.73 Å². The molecule has 4 rings (SSSR count). The number of nitrogens with zero attached hydrogens (tertiary/aromatic N) is 5. The maximum absolute atomic E-state index is 14.0. The van der Waals surface area contributed by atoms with Gasteiger partial charge in [-0.3, -0.25) is 14.2 Å². The third kappa shape index (κ3) is 3.46. The topological polar surface area (TPSA) is 138 Å². The van der Waals surface area contributed by atoms with Gasteiger partial charge in [0.05, 0.1) is 18.3 Å². The first-order chi connectivity index (χ1) is 14.6. The average Bonchev–Trinajstić information content (AvgIpc) is 3.13. The largest absolute Gasteiger partial charge is 0.501 e. The number of aromatic nitrogens is 5. The minimum atomic E-state index is -1.02. The highest BCUT2D eigenvalue weighted by molar-refractivity contribution is 5.93. The molecule has 3 aromatic rings. The number of ether oxygens (including phenoxy) is 1. The number of amides is 1. The van der Waals surface area contributed by atoms with Crippen molar-refractivity contribution in [3.05, 3.63) is 63.6 Å². The highest BCUT2D eigenvalue weighted by atomic mass is 19.1. The molecule has 1 aliphatic rings. The summed E-state index contributed by atoms with van der Waals surface area (Å²) in [5.41, 5.74) is 4.12. The predicted octanol–water partition coefficient (Wildman–Crippen LogP) is 1.13. The summed E-state index contributed by atoms with van der Waals surface area (Å²) in [6.07, 6.45) is 1.61. The van der Waals surface area contributed by atoms with Crippen LogP contribution in [0.25, 0.3) is 5.69 Å². The van der Waals surface area contributed by atoms with E-state index in [-0.39, 0.29) is 18.9 Å². The number of aryl methyl sites for hydroxylation is 1. The molecule has 1 unspecified atom stereocenters. The fourth-order valence-electron chi connectivity index (χ4n) is 3.75. The highest BCUT2D eigenvalue weighted by Crippen LogP contribution is 2.34. The van der Waals surface area contributed by atoms with Gasteiger partial charge < -0.3 is 15.6 Å². The molecule has 10 nitrogen and oxygen atoms in total. The zero-order valence-electron chi connectivity index (χ0n) is 17.2. The third-order valence-corrected chi connectivity index (χ3v) is 5.31. The maximum Gasteiger partial charge on any atom is 0.296 e. The fraction of sp³-hybridized carbons (Fsp3) is 0.350. The Balaban J connectivity index is 1.85. The second-order valence-corrected chi connectivity index (χ2v) is 7.84. The molecule has 1 atom stereocenters. The van der Waals surface area contributed by atoms with Crippen LogP contribution in [0.3, 0.4) is 0 Å². The van der Waals surface area contributed by atoms with Gasteiger partial charge in [-0.15, -0.1) is 0 Å². The minimum Gasteiger partial charge on any atom is -0.501 e. The van der Waals surface area contributed by atoms with E-state index < -0.39 is 40.4 Å². The Bertz CT molecular complexity index is 1250. The first-order valence-electron chi connectivity index (χ1n) is 9.55. The molecule has 0 aliphatic carbocycles. The zero-order chi connectivity index (χ0) is 22.5. The van der Waals surface area contributed by atoms with E-state index in [1.165, 1.54) is 27.7 Å². The Hall–Kier alpha value is -3.60. The first kappa shape index (κ1) is 20.7. The average molecular weight is 428 g/mol. The highest BCUT2D eigenvalue weighted by Gasteiger charge is 2.38. The standard InChI is InChI=1S/C20H21FN6O4/c1-10-23-9-24-27(10)14-7-12(21)5-4-11(14)6-13-8-31-20(2,3)19-25-15(17(22)29)16(28)18(30)26(13)19/h4-5,7,9,13,28H,6,8H2,1-3H3,(H2,22,29). The van der Waals surface area contributed by atoms with Crippen LogP contribution in [0.5, 0.6) is 5.75 Å². The molecular weight excluding hydrogens is 407 g/mol. The van der Waals surface area contributed by atoms with Crippen molar-refractivity contribution < 1.29 is 19.0 Å². The van der Waals surface area contributed by atoms with E-state index in [1.807, 2.05) is 0 Å². The van der Waals surface area contributed by atoms with Gasteiger partial charge in [0.15, 0.2) is 5.69 Å². The maximum atomic E-state index is 14.0. The summed E-state index contributed by atoms with van der Waals surface area (Å²) in [7, 11) is 0. The molecule has 0 bridgehead atoms. The van der Waals surface area contributed by atoms with Crippen molar-refractivity contribution in [3.63, 3.8) is 0 Å². The van der Waals surface area contributed by atoms with E-state index in [2.05, 4.69) is 15.1 Å². The van der Waals surface area contributed by atoms with Gasteiger partial charge in [0.2, 0.25) is 5.75 Å². The number of rotatable bonds is 4. The number of halogens is 1. The summed E-state index contributed by atoms with van der Waals surface area (Å²) in [6, 6.07) is 3.67. The molecule has 0 radical (unpaired) electrons. The molecular formula is C20H21FN6O4. The molecule has 3 N–H and O–H groups in total. The van der Waals surface area contributed by atoms with E-state index in [0.29, 0.717) is 17.1 Å². The van der Waals surface area contributed by atoms with E-state index in [0.717, 1.165) is 0 Å². The van der Waals surface area contributed by atoms with Crippen molar-refractivity contribution in [1.82, 2.24) is 24.3 Å². The third-order valence-electron chi connectivity index (χ3n) is 5.31. The summed E-state index contributed by atoms with van der Waals surface area (Å²) in [4.78, 5) is 32.8. The molecule has 11 heteroatoms. The Labute approximate surface area is 176 Å². The number of aromatic hydroxyl groups is 1. The van der Waals surface area contributed by atoms with Gasteiger partial charge in [-0.05, 0) is 44.9 Å². The van der Waals surface area contributed by atoms with E-state index in [1.54, 1.807) is 26.8 Å².